The molecule has 0 aliphatic heterocycles. The predicted octanol–water partition coefficient (Wildman–Crippen LogP) is 2.91. The number of amides is 1. The summed E-state index contributed by atoms with van der Waals surface area (Å²) in [5.74, 6) is 0.0678. The van der Waals surface area contributed by atoms with E-state index in [1.165, 1.54) is 17.5 Å². The lowest BCUT2D eigenvalue weighted by Gasteiger charge is -2.19. The zero-order valence-electron chi connectivity index (χ0n) is 20.4. The molecule has 2 aliphatic rings. The fourth-order valence-electron chi connectivity index (χ4n) is 3.74. The molecule has 196 valence electrons. The summed E-state index contributed by atoms with van der Waals surface area (Å²) in [6, 6.07) is 3.40. The molecule has 0 aromatic carbocycles. The highest BCUT2D eigenvalue weighted by molar-refractivity contribution is 7.93. The number of sulfonamides is 1. The van der Waals surface area contributed by atoms with Crippen LogP contribution >= 0.6 is 11.3 Å². The molecular weight excluding hydrogens is 514 g/mol. The van der Waals surface area contributed by atoms with Gasteiger partial charge in [0.05, 0.1) is 46.6 Å². The molecule has 3 N–H and O–H groups in total. The zero-order valence-corrected chi connectivity index (χ0v) is 22.0. The van der Waals surface area contributed by atoms with Gasteiger partial charge in [-0.15, -0.1) is 11.3 Å². The average Bonchev–Trinajstić information content (AvgIpc) is 3.82. The fourth-order valence-corrected chi connectivity index (χ4v) is 5.90. The van der Waals surface area contributed by atoms with Crippen molar-refractivity contribution in [1.82, 2.24) is 30.6 Å². The monoisotopic (exact) mass is 543 g/mol. The van der Waals surface area contributed by atoms with Crippen LogP contribution in [0, 0.1) is 0 Å². The molecule has 0 radical (unpaired) electrons. The third kappa shape index (κ3) is 6.79. The molecule has 2 aliphatic carbocycles. The van der Waals surface area contributed by atoms with Crippen LogP contribution in [0.1, 0.15) is 60.6 Å². The highest BCUT2D eigenvalue weighted by Gasteiger charge is 2.35. The maximum absolute atomic E-state index is 13.2. The molecule has 0 bridgehead atoms. The molecule has 11 nitrogen and oxygen atoms in total. The maximum atomic E-state index is 13.2. The summed E-state index contributed by atoms with van der Waals surface area (Å²) >= 11 is 1.21. The van der Waals surface area contributed by atoms with E-state index in [1.807, 2.05) is 6.92 Å². The van der Waals surface area contributed by atoms with Gasteiger partial charge in [0.25, 0.3) is 5.91 Å². The molecule has 3 aromatic rings. The van der Waals surface area contributed by atoms with Gasteiger partial charge in [0, 0.05) is 18.4 Å². The van der Waals surface area contributed by atoms with Crippen LogP contribution in [0.3, 0.4) is 0 Å². The standard InChI is InChI=1S/C24H29N7O4S2/c1-2-35-22-14-25-12-20(29-22)21-13-28-24(36-21)23(32)30-18(8-10-26-15-3-4-15)19-11-16(7-9-27-19)31-37(33,34)17-5-6-17/h7,9,11-15,17-18,26H,2-6,8,10H2,1H3,(H,27,31)(H,30,32)/t18-/m0/s1. The van der Waals surface area contributed by atoms with Crippen LogP contribution in [-0.4, -0.2) is 58.7 Å². The van der Waals surface area contributed by atoms with Crippen LogP contribution in [-0.2, 0) is 10.0 Å². The van der Waals surface area contributed by atoms with Gasteiger partial charge < -0.3 is 15.4 Å². The van der Waals surface area contributed by atoms with Crippen molar-refractivity contribution in [3.63, 3.8) is 0 Å². The molecule has 0 unspecified atom stereocenters. The molecule has 2 saturated carbocycles. The first-order valence-corrected chi connectivity index (χ1v) is 14.7. The Kier molecular flexibility index (Phi) is 7.63. The second-order valence-corrected chi connectivity index (χ2v) is 12.1. The quantitative estimate of drug-likeness (QED) is 0.296. The lowest BCUT2D eigenvalue weighted by Crippen LogP contribution is -2.32. The van der Waals surface area contributed by atoms with E-state index in [1.54, 1.807) is 30.7 Å². The summed E-state index contributed by atoms with van der Waals surface area (Å²) < 4.78 is 32.9. The van der Waals surface area contributed by atoms with Gasteiger partial charge in [0.1, 0.15) is 5.69 Å². The summed E-state index contributed by atoms with van der Waals surface area (Å²) in [5, 5.41) is 6.44. The third-order valence-corrected chi connectivity index (χ3v) is 8.86. The number of thiazole rings is 1. The second kappa shape index (κ2) is 11.1. The molecule has 0 spiro atoms. The van der Waals surface area contributed by atoms with Crippen LogP contribution in [0.15, 0.2) is 36.9 Å². The Balaban J connectivity index is 1.31. The Hall–Kier alpha value is -3.16. The predicted molar refractivity (Wildman–Crippen MR) is 140 cm³/mol. The number of nitrogens with zero attached hydrogens (tertiary/aromatic N) is 4. The molecule has 5 rings (SSSR count). The van der Waals surface area contributed by atoms with Crippen LogP contribution in [0.5, 0.6) is 5.88 Å². The van der Waals surface area contributed by atoms with Crippen molar-refractivity contribution in [2.24, 2.45) is 0 Å². The van der Waals surface area contributed by atoms with Gasteiger partial charge in [-0.3, -0.25) is 19.5 Å². The van der Waals surface area contributed by atoms with E-state index >= 15 is 0 Å². The van der Waals surface area contributed by atoms with Gasteiger partial charge in [-0.1, -0.05) is 0 Å². The number of rotatable bonds is 13. The number of nitrogens with one attached hydrogen (secondary N) is 3. The van der Waals surface area contributed by atoms with Crippen molar-refractivity contribution in [2.75, 3.05) is 17.9 Å². The molecule has 3 aromatic heterocycles. The molecule has 1 atom stereocenters. The fraction of sp³-hybridized carbons (Fsp3) is 0.458. The Morgan fingerprint density at radius 1 is 1.19 bits per heavy atom. The Morgan fingerprint density at radius 3 is 2.78 bits per heavy atom. The van der Waals surface area contributed by atoms with Crippen molar-refractivity contribution >= 4 is 33.0 Å². The lowest BCUT2D eigenvalue weighted by atomic mass is 10.1. The van der Waals surface area contributed by atoms with Crippen molar-refractivity contribution in [3.8, 4) is 16.5 Å². The summed E-state index contributed by atoms with van der Waals surface area (Å²) in [6.45, 7) is 3.04. The van der Waals surface area contributed by atoms with E-state index in [2.05, 4.69) is 35.3 Å². The van der Waals surface area contributed by atoms with E-state index in [9.17, 15) is 13.2 Å². The minimum absolute atomic E-state index is 0.282. The summed E-state index contributed by atoms with van der Waals surface area (Å²) in [5.41, 5.74) is 1.59. The highest BCUT2D eigenvalue weighted by atomic mass is 32.2. The summed E-state index contributed by atoms with van der Waals surface area (Å²) in [4.78, 5) is 31.2. The van der Waals surface area contributed by atoms with Gasteiger partial charge in [-0.2, -0.15) is 0 Å². The first kappa shape index (κ1) is 25.5. The van der Waals surface area contributed by atoms with Crippen LogP contribution in [0.2, 0.25) is 0 Å². The first-order chi connectivity index (χ1) is 17.9. The molecule has 3 heterocycles. The minimum Gasteiger partial charge on any atom is -0.477 e. The number of pyridine rings is 1. The van der Waals surface area contributed by atoms with Crippen LogP contribution < -0.4 is 20.1 Å². The first-order valence-electron chi connectivity index (χ1n) is 12.3. The summed E-state index contributed by atoms with van der Waals surface area (Å²) in [7, 11) is -3.40. The Labute approximate surface area is 219 Å². The zero-order chi connectivity index (χ0) is 25.8. The number of anilines is 1. The summed E-state index contributed by atoms with van der Waals surface area (Å²) in [6.07, 6.45) is 10.5. The van der Waals surface area contributed by atoms with E-state index in [4.69, 9.17) is 4.74 Å². The van der Waals surface area contributed by atoms with E-state index < -0.39 is 16.1 Å². The maximum Gasteiger partial charge on any atom is 0.280 e. The number of carbonyl (C=O) groups is 1. The molecular formula is C24H29N7O4S2. The molecule has 2 fully saturated rings. The number of hydrogen-bond acceptors (Lipinski definition) is 10. The Morgan fingerprint density at radius 2 is 2.03 bits per heavy atom. The normalized spacial score (nSPS) is 16.2. The SMILES string of the molecule is CCOc1cncc(-c2cnc(C(=O)N[C@@H](CCNC3CC3)c3cc(NS(=O)(=O)C4CC4)ccn3)s2)n1. The molecule has 37 heavy (non-hydrogen) atoms. The number of carbonyl (C=O) groups excluding carboxylic acids is 1. The second-order valence-electron chi connectivity index (χ2n) is 9.06. The van der Waals surface area contributed by atoms with Crippen LogP contribution in [0.25, 0.3) is 10.6 Å². The van der Waals surface area contributed by atoms with Crippen molar-refractivity contribution in [2.45, 2.75) is 56.4 Å². The van der Waals surface area contributed by atoms with Gasteiger partial charge in [-0.25, -0.2) is 18.4 Å². The van der Waals surface area contributed by atoms with Gasteiger partial charge in [-0.05, 0) is 57.7 Å². The van der Waals surface area contributed by atoms with Gasteiger partial charge in [0.2, 0.25) is 15.9 Å². The van der Waals surface area contributed by atoms with Crippen molar-refractivity contribution < 1.29 is 17.9 Å². The number of ether oxygens (including phenoxy) is 1. The third-order valence-electron chi connectivity index (χ3n) is 5.97. The Bertz CT molecular complexity index is 1360. The smallest absolute Gasteiger partial charge is 0.280 e. The topological polar surface area (TPSA) is 148 Å². The molecule has 13 heteroatoms. The van der Waals surface area contributed by atoms with E-state index in [-0.39, 0.29) is 16.2 Å². The molecule has 0 saturated heterocycles. The largest absolute Gasteiger partial charge is 0.477 e. The van der Waals surface area contributed by atoms with Gasteiger partial charge >= 0.3 is 0 Å². The average molecular weight is 544 g/mol. The lowest BCUT2D eigenvalue weighted by molar-refractivity contribution is 0.0933. The van der Waals surface area contributed by atoms with Crippen molar-refractivity contribution in [1.29, 1.82) is 0 Å². The van der Waals surface area contributed by atoms with E-state index in [0.29, 0.717) is 66.3 Å². The van der Waals surface area contributed by atoms with Gasteiger partial charge in [0.15, 0.2) is 5.01 Å². The number of hydrogen-bond donors (Lipinski definition) is 3. The minimum atomic E-state index is -3.40. The van der Waals surface area contributed by atoms with E-state index in [0.717, 1.165) is 12.8 Å². The van der Waals surface area contributed by atoms with Crippen molar-refractivity contribution in [3.05, 3.63) is 47.6 Å². The molecule has 1 amide bonds. The number of aromatic nitrogens is 4. The highest BCUT2D eigenvalue weighted by Crippen LogP contribution is 2.30. The van der Waals surface area contributed by atoms with Crippen LogP contribution in [0.4, 0.5) is 5.69 Å².